The van der Waals surface area contributed by atoms with E-state index in [1.54, 1.807) is 19.1 Å². The molecule has 2 unspecified atom stereocenters. The molecule has 0 aliphatic rings. The SMILES string of the molecule is CCC(C(=O)O)(C(=O)OCc1ccccc1)C(C)N. The first kappa shape index (κ1) is 15.2. The van der Waals surface area contributed by atoms with E-state index in [9.17, 15) is 14.7 Å². The van der Waals surface area contributed by atoms with Gasteiger partial charge in [0.2, 0.25) is 0 Å². The predicted molar refractivity (Wildman–Crippen MR) is 70.2 cm³/mol. The van der Waals surface area contributed by atoms with E-state index >= 15 is 0 Å². The van der Waals surface area contributed by atoms with Crippen molar-refractivity contribution in [2.45, 2.75) is 32.9 Å². The summed E-state index contributed by atoms with van der Waals surface area (Å²) in [5, 5.41) is 9.28. The molecular formula is C14H19NO4. The molecule has 0 heterocycles. The molecule has 5 nitrogen and oxygen atoms in total. The van der Waals surface area contributed by atoms with Gasteiger partial charge in [-0.1, -0.05) is 37.3 Å². The summed E-state index contributed by atoms with van der Waals surface area (Å²) in [6, 6.07) is 8.26. The van der Waals surface area contributed by atoms with Crippen LogP contribution < -0.4 is 5.73 Å². The number of benzene rings is 1. The maximum absolute atomic E-state index is 12.1. The Morgan fingerprint density at radius 1 is 1.37 bits per heavy atom. The molecule has 0 amide bonds. The number of carbonyl (C=O) groups is 2. The number of nitrogens with two attached hydrogens (primary N) is 1. The van der Waals surface area contributed by atoms with Crippen molar-refractivity contribution in [1.29, 1.82) is 0 Å². The minimum absolute atomic E-state index is 0.0431. The quantitative estimate of drug-likeness (QED) is 0.601. The molecule has 3 N–H and O–H groups in total. The first-order chi connectivity index (χ1) is 8.95. The van der Waals surface area contributed by atoms with E-state index in [1.807, 2.05) is 18.2 Å². The third-order valence-electron chi connectivity index (χ3n) is 3.29. The summed E-state index contributed by atoms with van der Waals surface area (Å²) in [6.45, 7) is 3.16. The number of hydrogen-bond acceptors (Lipinski definition) is 4. The minimum Gasteiger partial charge on any atom is -0.480 e. The Hall–Kier alpha value is -1.88. The normalized spacial score (nSPS) is 15.3. The van der Waals surface area contributed by atoms with Crippen LogP contribution in [0, 0.1) is 5.41 Å². The van der Waals surface area contributed by atoms with Gasteiger partial charge in [0, 0.05) is 6.04 Å². The van der Waals surface area contributed by atoms with Gasteiger partial charge in [0.25, 0.3) is 0 Å². The van der Waals surface area contributed by atoms with Crippen LogP contribution in [0.3, 0.4) is 0 Å². The number of carboxylic acid groups (broad SMARTS) is 1. The van der Waals surface area contributed by atoms with Crippen molar-refractivity contribution in [1.82, 2.24) is 0 Å². The van der Waals surface area contributed by atoms with Crippen LogP contribution >= 0.6 is 0 Å². The second-order valence-electron chi connectivity index (χ2n) is 4.48. The fraction of sp³-hybridized carbons (Fsp3) is 0.429. The predicted octanol–water partition coefficient (Wildman–Crippen LogP) is 1.56. The average molecular weight is 265 g/mol. The smallest absolute Gasteiger partial charge is 0.325 e. The molecule has 0 aliphatic heterocycles. The number of carbonyl (C=O) groups excluding carboxylic acids is 1. The lowest BCUT2D eigenvalue weighted by molar-refractivity contribution is -0.171. The lowest BCUT2D eigenvalue weighted by Gasteiger charge is -2.29. The first-order valence-corrected chi connectivity index (χ1v) is 6.15. The van der Waals surface area contributed by atoms with Gasteiger partial charge in [0.15, 0.2) is 5.41 Å². The molecule has 0 spiro atoms. The van der Waals surface area contributed by atoms with Crippen molar-refractivity contribution in [3.05, 3.63) is 35.9 Å². The molecule has 104 valence electrons. The van der Waals surface area contributed by atoms with Crippen molar-refractivity contribution < 1.29 is 19.4 Å². The van der Waals surface area contributed by atoms with E-state index in [0.717, 1.165) is 5.56 Å². The Labute approximate surface area is 112 Å². The molecule has 5 heteroatoms. The van der Waals surface area contributed by atoms with E-state index in [4.69, 9.17) is 10.5 Å². The van der Waals surface area contributed by atoms with Gasteiger partial charge < -0.3 is 15.6 Å². The van der Waals surface area contributed by atoms with Gasteiger partial charge in [0.1, 0.15) is 6.61 Å². The van der Waals surface area contributed by atoms with Crippen LogP contribution in [0.25, 0.3) is 0 Å². The third kappa shape index (κ3) is 3.12. The van der Waals surface area contributed by atoms with Crippen LogP contribution in [0.1, 0.15) is 25.8 Å². The first-order valence-electron chi connectivity index (χ1n) is 6.15. The third-order valence-corrected chi connectivity index (χ3v) is 3.29. The fourth-order valence-corrected chi connectivity index (χ4v) is 1.94. The minimum atomic E-state index is -1.69. The Kier molecular flexibility index (Phi) is 5.06. The van der Waals surface area contributed by atoms with Gasteiger partial charge in [-0.2, -0.15) is 0 Å². The van der Waals surface area contributed by atoms with E-state index in [1.165, 1.54) is 6.92 Å². The zero-order valence-corrected chi connectivity index (χ0v) is 11.1. The van der Waals surface area contributed by atoms with Crippen molar-refractivity contribution >= 4 is 11.9 Å². The number of ether oxygens (including phenoxy) is 1. The van der Waals surface area contributed by atoms with Gasteiger partial charge in [-0.15, -0.1) is 0 Å². The molecule has 0 saturated heterocycles. The summed E-state index contributed by atoms with van der Waals surface area (Å²) < 4.78 is 5.11. The number of carboxylic acids is 1. The molecule has 1 aromatic rings. The lowest BCUT2D eigenvalue weighted by Crippen LogP contribution is -2.52. The Morgan fingerprint density at radius 3 is 2.37 bits per heavy atom. The molecule has 0 fully saturated rings. The number of esters is 1. The molecule has 0 aromatic heterocycles. The molecule has 1 aromatic carbocycles. The zero-order chi connectivity index (χ0) is 14.5. The molecule has 0 radical (unpaired) electrons. The molecule has 19 heavy (non-hydrogen) atoms. The Morgan fingerprint density at radius 2 is 1.95 bits per heavy atom. The molecule has 1 rings (SSSR count). The Balaban J connectivity index is 2.82. The van der Waals surface area contributed by atoms with E-state index in [2.05, 4.69) is 0 Å². The second-order valence-corrected chi connectivity index (χ2v) is 4.48. The van der Waals surface area contributed by atoms with Crippen molar-refractivity contribution in [2.24, 2.45) is 11.1 Å². The van der Waals surface area contributed by atoms with Crippen LogP contribution in [-0.4, -0.2) is 23.1 Å². The van der Waals surface area contributed by atoms with Crippen molar-refractivity contribution in [3.8, 4) is 0 Å². The molecule has 0 bridgehead atoms. The Bertz CT molecular complexity index is 444. The standard InChI is InChI=1S/C14H19NO4/c1-3-14(10(2)15,12(16)17)13(18)19-9-11-7-5-4-6-8-11/h4-8,10H,3,9,15H2,1-2H3,(H,16,17). The van der Waals surface area contributed by atoms with Crippen LogP contribution in [0.4, 0.5) is 0 Å². The summed E-state index contributed by atoms with van der Waals surface area (Å²) in [6.07, 6.45) is 0.0909. The maximum Gasteiger partial charge on any atom is 0.325 e. The van der Waals surface area contributed by atoms with Crippen molar-refractivity contribution in [2.75, 3.05) is 0 Å². The highest BCUT2D eigenvalue weighted by molar-refractivity contribution is 6.00. The molecule has 0 aliphatic carbocycles. The lowest BCUT2D eigenvalue weighted by atomic mass is 9.79. The molecule has 0 saturated carbocycles. The molecular weight excluding hydrogens is 246 g/mol. The van der Waals surface area contributed by atoms with Gasteiger partial charge in [-0.25, -0.2) is 0 Å². The van der Waals surface area contributed by atoms with E-state index in [0.29, 0.717) is 0 Å². The van der Waals surface area contributed by atoms with Gasteiger partial charge in [0.05, 0.1) is 0 Å². The van der Waals surface area contributed by atoms with Crippen LogP contribution in [-0.2, 0) is 20.9 Å². The number of aliphatic carboxylic acids is 1. The average Bonchev–Trinajstić information content (AvgIpc) is 2.38. The summed E-state index contributed by atoms with van der Waals surface area (Å²) in [7, 11) is 0. The topological polar surface area (TPSA) is 89.6 Å². The number of hydrogen-bond donors (Lipinski definition) is 2. The highest BCUT2D eigenvalue weighted by Crippen LogP contribution is 2.28. The summed E-state index contributed by atoms with van der Waals surface area (Å²) in [5.41, 5.74) is 4.79. The summed E-state index contributed by atoms with van der Waals surface area (Å²) in [5.74, 6) is -2.04. The fourth-order valence-electron chi connectivity index (χ4n) is 1.94. The van der Waals surface area contributed by atoms with Gasteiger partial charge in [-0.05, 0) is 18.9 Å². The highest BCUT2D eigenvalue weighted by atomic mass is 16.5. The van der Waals surface area contributed by atoms with E-state index < -0.39 is 23.4 Å². The molecule has 2 atom stereocenters. The summed E-state index contributed by atoms with van der Waals surface area (Å²) >= 11 is 0. The zero-order valence-electron chi connectivity index (χ0n) is 11.1. The number of rotatable bonds is 6. The maximum atomic E-state index is 12.1. The van der Waals surface area contributed by atoms with E-state index in [-0.39, 0.29) is 13.0 Å². The van der Waals surface area contributed by atoms with Crippen LogP contribution in [0.5, 0.6) is 0 Å². The summed E-state index contributed by atoms with van der Waals surface area (Å²) in [4.78, 5) is 23.4. The van der Waals surface area contributed by atoms with Crippen LogP contribution in [0.15, 0.2) is 30.3 Å². The van der Waals surface area contributed by atoms with Crippen LogP contribution in [0.2, 0.25) is 0 Å². The van der Waals surface area contributed by atoms with Crippen molar-refractivity contribution in [3.63, 3.8) is 0 Å². The monoisotopic (exact) mass is 265 g/mol. The van der Waals surface area contributed by atoms with Gasteiger partial charge in [-0.3, -0.25) is 9.59 Å². The second kappa shape index (κ2) is 6.33. The highest BCUT2D eigenvalue weighted by Gasteiger charge is 2.49. The largest absolute Gasteiger partial charge is 0.480 e. The van der Waals surface area contributed by atoms with Gasteiger partial charge >= 0.3 is 11.9 Å².